The molecule has 56 heavy (non-hydrogen) atoms. The first-order chi connectivity index (χ1) is 26.7. The summed E-state index contributed by atoms with van der Waals surface area (Å²) >= 11 is -1.64. The van der Waals surface area contributed by atoms with Gasteiger partial charge in [0, 0.05) is 23.6 Å². The van der Waals surface area contributed by atoms with E-state index in [0.29, 0.717) is 29.0 Å². The number of carbonyl (C=O) groups is 3. The number of benzene rings is 2. The molecule has 0 aliphatic carbocycles. The number of methoxy groups -OCH3 is 1. The van der Waals surface area contributed by atoms with Gasteiger partial charge in [-0.2, -0.15) is 4.68 Å². The van der Waals surface area contributed by atoms with Crippen LogP contribution in [0.5, 0.6) is 5.75 Å². The van der Waals surface area contributed by atoms with Crippen molar-refractivity contribution in [3.8, 4) is 11.4 Å². The summed E-state index contributed by atoms with van der Waals surface area (Å²) in [7, 11) is 1.39. The highest BCUT2D eigenvalue weighted by atomic mass is 32.2. The van der Waals surface area contributed by atoms with Crippen molar-refractivity contribution in [1.82, 2.24) is 13.9 Å². The Bertz CT molecular complexity index is 1860. The van der Waals surface area contributed by atoms with Crippen LogP contribution in [0.2, 0.25) is 0 Å². The third kappa shape index (κ3) is 13.4. The summed E-state index contributed by atoms with van der Waals surface area (Å²) in [4.78, 5) is 69.4. The average Bonchev–Trinajstić information content (AvgIpc) is 3.40. The monoisotopic (exact) mass is 797 g/mol. The molecule has 1 aromatic heterocycles. The number of Topliss-reactive ketones (excluding diaryl/α,β-unsaturated/α-hetero) is 1. The van der Waals surface area contributed by atoms with Crippen LogP contribution in [0.4, 0.5) is 11.4 Å². The lowest BCUT2D eigenvalue weighted by molar-refractivity contribution is -0.135. The fraction of sp³-hybridized carbons (Fsp3) is 0.595. The van der Waals surface area contributed by atoms with Crippen molar-refractivity contribution in [3.05, 3.63) is 69.5 Å². The van der Waals surface area contributed by atoms with Crippen molar-refractivity contribution in [1.29, 1.82) is 0 Å². The van der Waals surface area contributed by atoms with Crippen LogP contribution < -0.4 is 26.7 Å². The first-order valence-electron chi connectivity index (χ1n) is 20.1. The third-order valence-electron chi connectivity index (χ3n) is 9.55. The van der Waals surface area contributed by atoms with E-state index in [2.05, 4.69) is 17.6 Å². The molecule has 3 aromatic rings. The molecule has 3 rings (SSSR count). The van der Waals surface area contributed by atoms with Crippen LogP contribution in [0.15, 0.2) is 58.1 Å². The fourth-order valence-corrected chi connectivity index (χ4v) is 7.18. The number of carbonyl (C=O) groups excluding carboxylic acids is 3. The first-order valence-corrected chi connectivity index (χ1v) is 21.3. The van der Waals surface area contributed by atoms with Gasteiger partial charge in [-0.15, -0.1) is 0 Å². The number of unbranched alkanes of at least 4 members (excludes halogenated alkanes) is 10. The Kier molecular flexibility index (Phi) is 19.0. The molecule has 310 valence electrons. The highest BCUT2D eigenvalue weighted by molar-refractivity contribution is 7.80. The molecule has 2 aromatic carbocycles. The second-order valence-corrected chi connectivity index (χ2v) is 16.5. The molecule has 2 N–H and O–H groups in total. The summed E-state index contributed by atoms with van der Waals surface area (Å²) in [5, 5.41) is 5.47. The maximum absolute atomic E-state index is 14.2. The summed E-state index contributed by atoms with van der Waals surface area (Å²) in [6.45, 7) is 11.2. The minimum atomic E-state index is -1.83. The Morgan fingerprint density at radius 3 is 1.98 bits per heavy atom. The van der Waals surface area contributed by atoms with Gasteiger partial charge in [0.05, 0.1) is 30.8 Å². The van der Waals surface area contributed by atoms with Crippen LogP contribution in [0.3, 0.4) is 0 Å². The lowest BCUT2D eigenvalue weighted by Crippen LogP contribution is -2.46. The minimum absolute atomic E-state index is 0.00704. The van der Waals surface area contributed by atoms with E-state index in [9.17, 15) is 28.2 Å². The maximum Gasteiger partial charge on any atom is 0.353 e. The minimum Gasteiger partial charge on any atom is -0.495 e. The van der Waals surface area contributed by atoms with Gasteiger partial charge in [-0.3, -0.25) is 18.6 Å². The van der Waals surface area contributed by atoms with Crippen LogP contribution in [-0.2, 0) is 36.2 Å². The number of aromatic nitrogens is 3. The maximum atomic E-state index is 14.2. The summed E-state index contributed by atoms with van der Waals surface area (Å²) in [6.07, 6.45) is 13.2. The van der Waals surface area contributed by atoms with Gasteiger partial charge in [-0.25, -0.2) is 23.0 Å². The van der Waals surface area contributed by atoms with E-state index in [-0.39, 0.29) is 23.7 Å². The molecule has 0 radical (unpaired) electrons. The molecule has 1 heterocycles. The Morgan fingerprint density at radius 2 is 1.39 bits per heavy atom. The van der Waals surface area contributed by atoms with E-state index >= 15 is 0 Å². The number of nitrogens with one attached hydrogen (secondary N) is 2. The second-order valence-electron chi connectivity index (χ2n) is 15.3. The number of amides is 2. The van der Waals surface area contributed by atoms with Gasteiger partial charge in [0.2, 0.25) is 5.91 Å². The van der Waals surface area contributed by atoms with Crippen molar-refractivity contribution >= 4 is 40.1 Å². The summed E-state index contributed by atoms with van der Waals surface area (Å²) in [5.74, 6) is -2.43. The van der Waals surface area contributed by atoms with Gasteiger partial charge in [0.1, 0.15) is 5.75 Å². The molecule has 2 amide bonds. The van der Waals surface area contributed by atoms with Crippen molar-refractivity contribution in [2.24, 2.45) is 11.3 Å². The highest BCUT2D eigenvalue weighted by Crippen LogP contribution is 2.30. The SMILES string of the molecule is CCCCCCCCCCCCOS(=O)CC(C)C(=O)Nc1ccc(OC)c(NC(=O)C(C(=O)C(C)(C)C)n2c(=O)n(CCCC)n(-c3ccccc3)c2=O)c1. The Balaban J connectivity index is 1.73. The topological polar surface area (TPSA) is 160 Å². The largest absolute Gasteiger partial charge is 0.495 e. The van der Waals surface area contributed by atoms with Crippen LogP contribution in [-0.4, -0.2) is 55.2 Å². The molecule has 14 heteroatoms. The number of rotatable bonds is 25. The molecule has 3 atom stereocenters. The third-order valence-corrected chi connectivity index (χ3v) is 10.7. The summed E-state index contributed by atoms with van der Waals surface area (Å²) < 4.78 is 26.7. The Morgan fingerprint density at radius 1 is 0.786 bits per heavy atom. The van der Waals surface area contributed by atoms with Crippen molar-refractivity contribution in [2.45, 2.75) is 131 Å². The van der Waals surface area contributed by atoms with E-state index in [1.54, 1.807) is 64.1 Å². The molecular weight excluding hydrogens is 735 g/mol. The molecule has 0 aliphatic rings. The number of ketones is 1. The Hall–Kier alpha value is -4.30. The van der Waals surface area contributed by atoms with Crippen molar-refractivity contribution in [3.63, 3.8) is 0 Å². The predicted molar refractivity (Wildman–Crippen MR) is 223 cm³/mol. The molecule has 3 unspecified atom stereocenters. The zero-order chi connectivity index (χ0) is 41.3. The van der Waals surface area contributed by atoms with Crippen LogP contribution in [0, 0.1) is 11.3 Å². The molecule has 0 saturated heterocycles. The van der Waals surface area contributed by atoms with Gasteiger partial charge in [-0.1, -0.05) is 124 Å². The standard InChI is InChI=1S/C42H63N5O8S/c1-8-10-12-13-14-15-16-17-18-22-28-55-56(53)30-31(3)38(49)43-32-25-26-35(54-7)34(29-32)44-39(50)36(37(48)42(4,5)6)46-40(51)45(27-11-9-2)47(41(46)52)33-23-20-19-21-24-33/h19-21,23-26,29,31,36H,8-18,22,27-28,30H2,1-7H3,(H,43,49)(H,44,50). The van der Waals surface area contributed by atoms with Crippen LogP contribution >= 0.6 is 0 Å². The molecule has 0 saturated carbocycles. The zero-order valence-corrected chi connectivity index (χ0v) is 35.2. The number of anilines is 2. The van der Waals surface area contributed by atoms with Gasteiger partial charge in [-0.05, 0) is 43.2 Å². The predicted octanol–water partition coefficient (Wildman–Crippen LogP) is 7.58. The number of hydrogen-bond donors (Lipinski definition) is 2. The number of hydrogen-bond acceptors (Lipinski definition) is 8. The van der Waals surface area contributed by atoms with Gasteiger partial charge >= 0.3 is 11.4 Å². The molecule has 13 nitrogen and oxygen atoms in total. The lowest BCUT2D eigenvalue weighted by Gasteiger charge is -2.24. The summed E-state index contributed by atoms with van der Waals surface area (Å²) in [5.41, 5.74) is -1.94. The molecular formula is C42H63N5O8S. The van der Waals surface area contributed by atoms with Gasteiger partial charge in [0.25, 0.3) is 5.91 Å². The van der Waals surface area contributed by atoms with Gasteiger partial charge < -0.3 is 15.4 Å². The summed E-state index contributed by atoms with van der Waals surface area (Å²) in [6, 6.07) is 11.3. The van der Waals surface area contributed by atoms with E-state index in [1.165, 1.54) is 73.6 Å². The normalized spacial score (nSPS) is 13.2. The van der Waals surface area contributed by atoms with Gasteiger partial charge in [0.15, 0.2) is 22.9 Å². The first kappa shape index (κ1) is 46.1. The van der Waals surface area contributed by atoms with E-state index in [0.717, 1.165) is 25.7 Å². The zero-order valence-electron chi connectivity index (χ0n) is 34.4. The van der Waals surface area contributed by atoms with E-state index in [4.69, 9.17) is 8.92 Å². The smallest absolute Gasteiger partial charge is 0.353 e. The lowest BCUT2D eigenvalue weighted by atomic mass is 9.86. The Labute approximate surface area is 334 Å². The molecule has 0 aliphatic heterocycles. The van der Waals surface area contributed by atoms with E-state index in [1.807, 2.05) is 6.92 Å². The van der Waals surface area contributed by atoms with Crippen molar-refractivity contribution < 1.29 is 27.5 Å². The second kappa shape index (κ2) is 23.1. The highest BCUT2D eigenvalue weighted by Gasteiger charge is 2.40. The quantitative estimate of drug-likeness (QED) is 0.0656. The number of para-hydroxylation sites is 1. The molecule has 0 spiro atoms. The number of nitrogens with zero attached hydrogens (tertiary/aromatic N) is 3. The fourth-order valence-electron chi connectivity index (χ4n) is 6.22. The van der Waals surface area contributed by atoms with Crippen LogP contribution in [0.25, 0.3) is 5.69 Å². The van der Waals surface area contributed by atoms with E-state index < -0.39 is 57.4 Å². The molecule has 0 fully saturated rings. The molecule has 0 bridgehead atoms. The van der Waals surface area contributed by atoms with Crippen LogP contribution in [0.1, 0.15) is 125 Å². The number of ether oxygens (including phenoxy) is 1. The average molecular weight is 798 g/mol. The van der Waals surface area contributed by atoms with Crippen molar-refractivity contribution in [2.75, 3.05) is 30.1 Å².